The highest BCUT2D eigenvalue weighted by atomic mass is 35.5. The number of rotatable bonds is 11. The van der Waals surface area contributed by atoms with E-state index in [0.717, 1.165) is 135 Å². The van der Waals surface area contributed by atoms with Crippen molar-refractivity contribution >= 4 is 60.5 Å². The fraction of sp³-hybridized carbons (Fsp3) is 0.619. The van der Waals surface area contributed by atoms with Crippen LogP contribution < -0.4 is 0 Å². The first-order valence-electron chi connectivity index (χ1n) is 40.0. The average Bonchev–Trinajstić information content (AvgIpc) is 1.30. The molecule has 6 aromatic rings. The molecule has 0 spiro atoms. The molecule has 8 N–H and O–H groups in total. The highest BCUT2D eigenvalue weighted by molar-refractivity contribution is 7.71. The van der Waals surface area contributed by atoms with Gasteiger partial charge < -0.3 is 39.9 Å². The zero-order chi connectivity index (χ0) is 70.2. The van der Waals surface area contributed by atoms with Crippen LogP contribution >= 0.6 is 36.8 Å². The lowest BCUT2D eigenvalue weighted by Gasteiger charge is -2.33. The van der Waals surface area contributed by atoms with Gasteiger partial charge in [0, 0.05) is 83.6 Å². The minimum atomic E-state index is 0. The van der Waals surface area contributed by atoms with Crippen molar-refractivity contribution < 1.29 is 19.2 Å². The Labute approximate surface area is 627 Å². The summed E-state index contributed by atoms with van der Waals surface area (Å²) in [6.07, 6.45) is 76.3. The number of H-pyrrole nitrogens is 8. The number of hydrogen-bond acceptors (Lipinski definition) is 10. The molecule has 0 bridgehead atoms. The molecule has 6 aromatic heterocycles. The van der Waals surface area contributed by atoms with Crippen LogP contribution in [0.4, 0.5) is 0 Å². The summed E-state index contributed by atoms with van der Waals surface area (Å²) in [7, 11) is 0. The summed E-state index contributed by atoms with van der Waals surface area (Å²) < 4.78 is 1.40. The first-order chi connectivity index (χ1) is 50.0. The molecule has 3 fully saturated rings. The van der Waals surface area contributed by atoms with E-state index in [2.05, 4.69) is 65.9 Å². The van der Waals surface area contributed by atoms with Crippen molar-refractivity contribution in [3.05, 3.63) is 162 Å². The van der Waals surface area contributed by atoms with Crippen molar-refractivity contribution in [2.75, 3.05) is 0 Å². The molecule has 12 aliphatic rings. The van der Waals surface area contributed by atoms with Crippen molar-refractivity contribution in [2.45, 2.75) is 283 Å². The van der Waals surface area contributed by atoms with E-state index in [0.29, 0.717) is 40.0 Å². The average molecular weight is 1460 g/mol. The quantitative estimate of drug-likeness (QED) is 0.0346. The van der Waals surface area contributed by atoms with Crippen molar-refractivity contribution in [3.63, 3.8) is 0 Å². The van der Waals surface area contributed by atoms with E-state index in [4.69, 9.17) is 24.4 Å². The Morgan fingerprint density at radius 1 is 0.398 bits per heavy atom. The third-order valence-electron chi connectivity index (χ3n) is 24.8. The SMILES string of the molecule is C1=C2CCCCC2CCC1Cc1cnc[nH]1.Cl.O=C1C2=C(CCCC2)CCC1Cc1c[nH]c(=S)[nH]1.O=C1C2=C(CCCC2)CCC1Cc1cnc[nH]1.O=C1CCCC2CCCCC12.O=Cc1cnc[nH]1.S=c1[nH]cc(CC2CCC3=C(CCCC3)C2)[nH]1.c1ncc(CC2CCC3=C(CCCC3)C2)[nH]1. The maximum atomic E-state index is 12.5. The number of allylic oxidation sites excluding steroid dienone is 10. The normalized spacial score (nSPS) is 25.7. The Balaban J connectivity index is 0.000000122. The van der Waals surface area contributed by atoms with Crippen LogP contribution in [0, 0.1) is 56.9 Å². The number of aromatic nitrogens is 12. The van der Waals surface area contributed by atoms with E-state index >= 15 is 0 Å². The lowest BCUT2D eigenvalue weighted by molar-refractivity contribution is -0.128. The Kier molecular flexibility index (Phi) is 30.2. The maximum Gasteiger partial charge on any atom is 0.174 e. The lowest BCUT2D eigenvalue weighted by Crippen LogP contribution is -2.30. The highest BCUT2D eigenvalue weighted by Crippen LogP contribution is 2.44. The molecule has 0 aliphatic heterocycles. The zero-order valence-corrected chi connectivity index (χ0v) is 63.8. The number of ketones is 3. The number of carbonyl (C=O) groups excluding carboxylic acids is 4. The molecule has 0 aromatic carbocycles. The van der Waals surface area contributed by atoms with Gasteiger partial charge in [0.2, 0.25) is 0 Å². The summed E-state index contributed by atoms with van der Waals surface area (Å²) in [4.78, 5) is 86.4. The van der Waals surface area contributed by atoms with Crippen molar-refractivity contribution in [1.82, 2.24) is 59.8 Å². The van der Waals surface area contributed by atoms with Gasteiger partial charge in [-0.3, -0.25) is 19.2 Å². The minimum Gasteiger partial charge on any atom is -0.348 e. The number of hydrogen-bond donors (Lipinski definition) is 8. The van der Waals surface area contributed by atoms with Crippen LogP contribution in [-0.2, 0) is 46.5 Å². The number of fused-ring (bicyclic) bond motifs is 2. The molecular weight excluding hydrogens is 1340 g/mol. The predicted octanol–water partition coefficient (Wildman–Crippen LogP) is 20.8. The molecule has 19 heteroatoms. The first-order valence-corrected chi connectivity index (χ1v) is 40.9. The summed E-state index contributed by atoms with van der Waals surface area (Å²) >= 11 is 10.1. The molecule has 6 heterocycles. The molecule has 3 saturated carbocycles. The highest BCUT2D eigenvalue weighted by Gasteiger charge is 2.35. The largest absolute Gasteiger partial charge is 0.348 e. The monoisotopic (exact) mass is 1460 g/mol. The summed E-state index contributed by atoms with van der Waals surface area (Å²) in [5.74, 6) is 6.37. The molecule has 8 atom stereocenters. The number of halogens is 1. The van der Waals surface area contributed by atoms with Gasteiger partial charge in [-0.2, -0.15) is 0 Å². The van der Waals surface area contributed by atoms with Gasteiger partial charge in [-0.15, -0.1) is 12.4 Å². The zero-order valence-electron chi connectivity index (χ0n) is 61.3. The number of carbonyl (C=O) groups is 4. The maximum absolute atomic E-state index is 12.5. The molecule has 0 saturated heterocycles. The number of Topliss-reactive ketones (excluding diaryl/α,β-unsaturated/α-hetero) is 3. The van der Waals surface area contributed by atoms with E-state index in [1.54, 1.807) is 35.7 Å². The van der Waals surface area contributed by atoms with E-state index in [-0.39, 0.29) is 24.2 Å². The molecule has 16 nitrogen and oxygen atoms in total. The van der Waals surface area contributed by atoms with E-state index in [1.165, 1.54) is 245 Å². The van der Waals surface area contributed by atoms with E-state index < -0.39 is 0 Å². The van der Waals surface area contributed by atoms with Gasteiger partial charge in [0.1, 0.15) is 5.78 Å². The van der Waals surface area contributed by atoms with Gasteiger partial charge in [-0.05, 0) is 322 Å². The summed E-state index contributed by atoms with van der Waals surface area (Å²) in [6, 6.07) is 0. The van der Waals surface area contributed by atoms with Gasteiger partial charge in [0.05, 0.1) is 37.2 Å². The number of nitrogens with one attached hydrogen (secondary N) is 8. The second-order valence-corrected chi connectivity index (χ2v) is 32.6. The Hall–Kier alpha value is -6.63. The smallest absolute Gasteiger partial charge is 0.174 e. The third-order valence-corrected chi connectivity index (χ3v) is 25.2. The van der Waals surface area contributed by atoms with Crippen LogP contribution in [-0.4, -0.2) is 83.4 Å². The first kappa shape index (κ1) is 77.5. The lowest BCUT2D eigenvalue weighted by atomic mass is 9.70. The number of imidazole rings is 6. The second kappa shape index (κ2) is 40.2. The van der Waals surface area contributed by atoms with Gasteiger partial charge in [0.15, 0.2) is 27.4 Å². The van der Waals surface area contributed by atoms with Gasteiger partial charge in [-0.25, -0.2) is 19.9 Å². The molecule has 8 unspecified atom stereocenters. The van der Waals surface area contributed by atoms with Gasteiger partial charge in [0.25, 0.3) is 0 Å². The van der Waals surface area contributed by atoms with Crippen molar-refractivity contribution in [3.8, 4) is 0 Å². The minimum absolute atomic E-state index is 0. The molecule has 556 valence electrons. The van der Waals surface area contributed by atoms with Crippen LogP contribution in [0.25, 0.3) is 0 Å². The fourth-order valence-corrected chi connectivity index (χ4v) is 19.7. The fourth-order valence-electron chi connectivity index (χ4n) is 19.3. The van der Waals surface area contributed by atoms with E-state index in [1.807, 2.05) is 42.1 Å². The molecule has 0 amide bonds. The second-order valence-electron chi connectivity index (χ2n) is 31.8. The summed E-state index contributed by atoms with van der Waals surface area (Å²) in [5, 5.41) is 0. The predicted molar refractivity (Wildman–Crippen MR) is 417 cm³/mol. The van der Waals surface area contributed by atoms with Crippen molar-refractivity contribution in [1.29, 1.82) is 0 Å². The van der Waals surface area contributed by atoms with Gasteiger partial charge in [-0.1, -0.05) is 64.4 Å². The Morgan fingerprint density at radius 3 is 1.37 bits per heavy atom. The molecule has 103 heavy (non-hydrogen) atoms. The summed E-state index contributed by atoms with van der Waals surface area (Å²) in [6.45, 7) is 0. The molecule has 12 aliphatic carbocycles. The molecular formula is C84H117ClN12O4S2. The van der Waals surface area contributed by atoms with Crippen LogP contribution in [0.15, 0.2) is 119 Å². The Morgan fingerprint density at radius 2 is 0.854 bits per heavy atom. The van der Waals surface area contributed by atoms with Crippen LogP contribution in [0.2, 0.25) is 0 Å². The van der Waals surface area contributed by atoms with Crippen LogP contribution in [0.5, 0.6) is 0 Å². The number of nitrogens with zero attached hydrogens (tertiary/aromatic N) is 4. The topological polar surface area (TPSA) is 246 Å². The van der Waals surface area contributed by atoms with E-state index in [9.17, 15) is 19.2 Å². The molecule has 18 rings (SSSR count). The van der Waals surface area contributed by atoms with Crippen molar-refractivity contribution in [2.24, 2.45) is 47.3 Å². The van der Waals surface area contributed by atoms with Crippen LogP contribution in [0.1, 0.15) is 289 Å². The van der Waals surface area contributed by atoms with Crippen LogP contribution in [0.3, 0.4) is 0 Å². The number of aromatic amines is 8. The standard InChI is InChI=1S/C14H18N2OS.C14H18N2O.C14H20N2S.2C14H20N2.C10H16O.C4H4N2O.ClH/c17-13-10(7-11-8-15-14(18)16-11)6-5-9-3-1-2-4-12(9)13;17-14-11(7-12-8-15-9-16-12)6-5-10-3-1-2-4-13(10)14;17-14-15-9-13(16-14)8-10-5-6-11-3-1-2-4-12(11)7-10;2*1-2-4-13-7-11(5-6-12(13)3-1)8-14-9-15-10-16-14;11-10-7-3-5-8-4-1-2-6-9(8)10;7-2-4-1-5-3-6-4;/h8,10H,1-7H2,(H2,15,16,18);8-9,11H,1-7H2,(H,15,16);9-10H,1-8H2,(H2,15,16,17);9-11H,1-8H2,(H,15,16);7,9-12H,1-6,8H2,(H,15,16);8-9H,1-7H2;1-3H,(H,5,6);1H. The number of aldehydes is 1. The Bertz CT molecular complexity index is 3910. The molecule has 0 radical (unpaired) electrons. The summed E-state index contributed by atoms with van der Waals surface area (Å²) in [5.41, 5.74) is 20.7. The van der Waals surface area contributed by atoms with Gasteiger partial charge >= 0.3 is 0 Å². The third kappa shape index (κ3) is 22.9.